The molecule has 3 heterocycles. The third-order valence-corrected chi connectivity index (χ3v) is 7.55. The SMILES string of the molecule is CCOC(=O)C1=C(c2ccccc2)N=c2s/c(=C\c3ccc(C(=O)O)cc3)c(=O)n2[C@H]1c1cccs1. The standard InChI is InChI=1S/C27H20N2O5S2/c1-2-34-26(33)21-22(17-7-4-3-5-8-17)28-27-29(23(21)19-9-6-14-35-19)24(30)20(36-27)15-16-10-12-18(13-11-16)25(31)32/h3-15,23H,2H2,1H3,(H,31,32)/b20-15-/t23-/m0/s1. The molecular weight excluding hydrogens is 496 g/mol. The molecule has 0 fully saturated rings. The second-order valence-electron chi connectivity index (χ2n) is 7.87. The van der Waals surface area contributed by atoms with Gasteiger partial charge in [0.25, 0.3) is 5.56 Å². The number of nitrogens with zero attached hydrogens (tertiary/aromatic N) is 2. The summed E-state index contributed by atoms with van der Waals surface area (Å²) in [5.74, 6) is -1.53. The Morgan fingerprint density at radius 1 is 1.08 bits per heavy atom. The minimum absolute atomic E-state index is 0.165. The number of fused-ring (bicyclic) bond motifs is 1. The van der Waals surface area contributed by atoms with Gasteiger partial charge >= 0.3 is 11.9 Å². The van der Waals surface area contributed by atoms with Crippen molar-refractivity contribution in [1.29, 1.82) is 0 Å². The molecule has 9 heteroatoms. The van der Waals surface area contributed by atoms with E-state index in [2.05, 4.69) is 0 Å². The number of hydrogen-bond acceptors (Lipinski definition) is 7. The molecule has 36 heavy (non-hydrogen) atoms. The van der Waals surface area contributed by atoms with Crippen LogP contribution in [0.2, 0.25) is 0 Å². The van der Waals surface area contributed by atoms with Gasteiger partial charge in [-0.15, -0.1) is 11.3 Å². The largest absolute Gasteiger partial charge is 0.478 e. The topological polar surface area (TPSA) is 98.0 Å². The molecule has 1 N–H and O–H groups in total. The summed E-state index contributed by atoms with van der Waals surface area (Å²) < 4.78 is 7.40. The van der Waals surface area contributed by atoms with Crippen LogP contribution in [-0.2, 0) is 9.53 Å². The lowest BCUT2D eigenvalue weighted by molar-refractivity contribution is -0.138. The molecule has 0 aliphatic carbocycles. The number of carboxylic acids is 1. The number of aromatic carboxylic acids is 1. The molecule has 0 saturated heterocycles. The predicted octanol–water partition coefficient (Wildman–Crippen LogP) is 3.70. The van der Waals surface area contributed by atoms with Gasteiger partial charge in [0, 0.05) is 10.4 Å². The van der Waals surface area contributed by atoms with Crippen LogP contribution in [-0.4, -0.2) is 28.2 Å². The number of esters is 1. The molecule has 0 bridgehead atoms. The minimum Gasteiger partial charge on any atom is -0.478 e. The van der Waals surface area contributed by atoms with E-state index in [1.807, 2.05) is 47.8 Å². The summed E-state index contributed by atoms with van der Waals surface area (Å²) in [6, 6.07) is 18.8. The van der Waals surface area contributed by atoms with Crippen molar-refractivity contribution < 1.29 is 19.4 Å². The lowest BCUT2D eigenvalue weighted by Crippen LogP contribution is -2.39. The normalized spacial score (nSPS) is 15.4. The van der Waals surface area contributed by atoms with E-state index in [1.165, 1.54) is 34.8 Å². The van der Waals surface area contributed by atoms with Gasteiger partial charge in [0.15, 0.2) is 4.80 Å². The molecule has 0 saturated carbocycles. The maximum atomic E-state index is 13.7. The molecule has 0 radical (unpaired) electrons. The molecule has 0 unspecified atom stereocenters. The van der Waals surface area contributed by atoms with Gasteiger partial charge < -0.3 is 9.84 Å². The Balaban J connectivity index is 1.76. The van der Waals surface area contributed by atoms with Crippen molar-refractivity contribution in [2.45, 2.75) is 13.0 Å². The molecule has 2 aromatic heterocycles. The van der Waals surface area contributed by atoms with Gasteiger partial charge in [-0.2, -0.15) is 0 Å². The van der Waals surface area contributed by atoms with Gasteiger partial charge in [-0.25, -0.2) is 14.6 Å². The molecule has 1 aliphatic rings. The molecule has 0 amide bonds. The average Bonchev–Trinajstić information content (AvgIpc) is 3.52. The van der Waals surface area contributed by atoms with Gasteiger partial charge in [-0.05, 0) is 42.1 Å². The summed E-state index contributed by atoms with van der Waals surface area (Å²) in [7, 11) is 0. The van der Waals surface area contributed by atoms with E-state index in [9.17, 15) is 14.4 Å². The van der Waals surface area contributed by atoms with Crippen LogP contribution >= 0.6 is 22.7 Å². The van der Waals surface area contributed by atoms with E-state index in [4.69, 9.17) is 14.8 Å². The first kappa shape index (κ1) is 23.7. The second-order valence-corrected chi connectivity index (χ2v) is 9.86. The molecular formula is C27H20N2O5S2. The number of aromatic nitrogens is 1. The zero-order valence-corrected chi connectivity index (χ0v) is 20.7. The summed E-state index contributed by atoms with van der Waals surface area (Å²) in [4.78, 5) is 44.2. The molecule has 1 aliphatic heterocycles. The van der Waals surface area contributed by atoms with E-state index in [0.29, 0.717) is 26.2 Å². The third-order valence-electron chi connectivity index (χ3n) is 5.64. The molecule has 4 aromatic rings. The Kier molecular flexibility index (Phi) is 6.49. The van der Waals surface area contributed by atoms with E-state index in [0.717, 1.165) is 10.4 Å². The fourth-order valence-corrected chi connectivity index (χ4v) is 5.85. The van der Waals surface area contributed by atoms with Crippen molar-refractivity contribution in [3.05, 3.63) is 119 Å². The lowest BCUT2D eigenvalue weighted by atomic mass is 9.97. The molecule has 180 valence electrons. The van der Waals surface area contributed by atoms with E-state index in [1.54, 1.807) is 29.7 Å². The van der Waals surface area contributed by atoms with Crippen LogP contribution in [0.4, 0.5) is 0 Å². The Bertz CT molecular complexity index is 1650. The van der Waals surface area contributed by atoms with Crippen LogP contribution in [0.5, 0.6) is 0 Å². The number of carbonyl (C=O) groups is 2. The maximum Gasteiger partial charge on any atom is 0.338 e. The predicted molar refractivity (Wildman–Crippen MR) is 139 cm³/mol. The van der Waals surface area contributed by atoms with Gasteiger partial charge in [-0.3, -0.25) is 9.36 Å². The first-order chi connectivity index (χ1) is 17.5. The number of carbonyl (C=O) groups excluding carboxylic acids is 1. The zero-order chi connectivity index (χ0) is 25.2. The highest BCUT2D eigenvalue weighted by atomic mass is 32.1. The summed E-state index contributed by atoms with van der Waals surface area (Å²) in [5, 5.41) is 11.1. The number of rotatable bonds is 6. The fourth-order valence-electron chi connectivity index (χ4n) is 4.03. The quantitative estimate of drug-likeness (QED) is 0.394. The average molecular weight is 517 g/mol. The maximum absolute atomic E-state index is 13.7. The third kappa shape index (κ3) is 4.34. The molecule has 7 nitrogen and oxygen atoms in total. The number of thiophene rings is 1. The summed E-state index contributed by atoms with van der Waals surface area (Å²) in [6.07, 6.45) is 1.71. The zero-order valence-electron chi connectivity index (χ0n) is 19.1. The smallest absolute Gasteiger partial charge is 0.338 e. The molecule has 2 aromatic carbocycles. The first-order valence-corrected chi connectivity index (χ1v) is 12.8. The second kappa shape index (κ2) is 9.88. The van der Waals surface area contributed by atoms with Gasteiger partial charge in [0.05, 0.1) is 28.0 Å². The fraction of sp³-hybridized carbons (Fsp3) is 0.111. The highest BCUT2D eigenvalue weighted by Gasteiger charge is 2.35. The van der Waals surface area contributed by atoms with Crippen LogP contribution in [0.15, 0.2) is 87.5 Å². The van der Waals surface area contributed by atoms with Crippen LogP contribution in [0.3, 0.4) is 0 Å². The molecule has 5 rings (SSSR count). The number of carboxylic acid groups (broad SMARTS) is 1. The highest BCUT2D eigenvalue weighted by molar-refractivity contribution is 7.10. The van der Waals surface area contributed by atoms with Gasteiger partial charge in [0.1, 0.15) is 6.04 Å². The Labute approximate surface area is 213 Å². The van der Waals surface area contributed by atoms with E-state index in [-0.39, 0.29) is 17.7 Å². The van der Waals surface area contributed by atoms with Crippen molar-refractivity contribution in [2.24, 2.45) is 4.99 Å². The van der Waals surface area contributed by atoms with Crippen molar-refractivity contribution in [3.63, 3.8) is 0 Å². The van der Waals surface area contributed by atoms with Crippen molar-refractivity contribution in [3.8, 4) is 0 Å². The van der Waals surface area contributed by atoms with Crippen LogP contribution in [0.25, 0.3) is 11.8 Å². The summed E-state index contributed by atoms with van der Waals surface area (Å²) >= 11 is 2.68. The lowest BCUT2D eigenvalue weighted by Gasteiger charge is -2.24. The van der Waals surface area contributed by atoms with Gasteiger partial charge in [0.2, 0.25) is 0 Å². The van der Waals surface area contributed by atoms with Crippen LogP contribution in [0, 0.1) is 0 Å². The molecule has 1 atom stereocenters. The summed E-state index contributed by atoms with van der Waals surface area (Å²) in [6.45, 7) is 1.93. The van der Waals surface area contributed by atoms with Crippen molar-refractivity contribution >= 4 is 46.4 Å². The van der Waals surface area contributed by atoms with E-state index < -0.39 is 18.0 Å². The molecule has 0 spiro atoms. The van der Waals surface area contributed by atoms with Crippen molar-refractivity contribution in [1.82, 2.24) is 4.57 Å². The monoisotopic (exact) mass is 516 g/mol. The van der Waals surface area contributed by atoms with Crippen molar-refractivity contribution in [2.75, 3.05) is 6.61 Å². The van der Waals surface area contributed by atoms with Gasteiger partial charge in [-0.1, -0.05) is 59.9 Å². The first-order valence-electron chi connectivity index (χ1n) is 11.1. The van der Waals surface area contributed by atoms with Crippen LogP contribution < -0.4 is 14.9 Å². The van der Waals surface area contributed by atoms with E-state index >= 15 is 0 Å². The number of ether oxygens (including phenoxy) is 1. The number of thiazole rings is 1. The van der Waals surface area contributed by atoms with Crippen LogP contribution in [0.1, 0.15) is 39.3 Å². The Morgan fingerprint density at radius 2 is 1.83 bits per heavy atom. The Hall–Kier alpha value is -4.08. The highest BCUT2D eigenvalue weighted by Crippen LogP contribution is 2.36. The number of hydrogen-bond donors (Lipinski definition) is 1. The minimum atomic E-state index is -1.02. The summed E-state index contributed by atoms with van der Waals surface area (Å²) in [5.41, 5.74) is 2.11. The number of benzene rings is 2. The Morgan fingerprint density at radius 3 is 2.47 bits per heavy atom.